The average molecular weight is 323 g/mol. The number of aliphatic hydroxyl groups is 2. The van der Waals surface area contributed by atoms with Gasteiger partial charge in [-0.25, -0.2) is 9.98 Å². The van der Waals surface area contributed by atoms with E-state index in [4.69, 9.17) is 9.47 Å². The Bertz CT molecular complexity index is 637. The smallest absolute Gasteiger partial charge is 0.190 e. The first-order valence-electron chi connectivity index (χ1n) is 7.62. The summed E-state index contributed by atoms with van der Waals surface area (Å²) in [7, 11) is 0. The Morgan fingerprint density at radius 3 is 3.00 bits per heavy atom. The lowest BCUT2D eigenvalue weighted by molar-refractivity contribution is -0.0986. The second-order valence-electron chi connectivity index (χ2n) is 6.34. The monoisotopic (exact) mass is 323 g/mol. The van der Waals surface area contributed by atoms with Crippen LogP contribution < -0.4 is 0 Å². The highest BCUT2D eigenvalue weighted by Crippen LogP contribution is 2.41. The molecule has 0 aromatic carbocycles. The standard InChI is InChI=1S/C15H21N3O5/c1-8(2)22-6-10-12(20)15(3,21)14(23-10)18-7-17-11-9(19)4-5-16-13(11)18/h5,7-8,10,12,14,20-21H,4,6H2,1-3H3/t10-,12-,14-,15-/m1/s1. The van der Waals surface area contributed by atoms with Crippen molar-refractivity contribution in [2.24, 2.45) is 4.99 Å². The molecule has 2 N–H and O–H groups in total. The Balaban J connectivity index is 1.89. The van der Waals surface area contributed by atoms with Gasteiger partial charge in [-0.15, -0.1) is 0 Å². The van der Waals surface area contributed by atoms with Crippen molar-refractivity contribution >= 4 is 17.8 Å². The topological polar surface area (TPSA) is 106 Å². The van der Waals surface area contributed by atoms with Crippen LogP contribution in [0.2, 0.25) is 0 Å². The van der Waals surface area contributed by atoms with Gasteiger partial charge in [-0.1, -0.05) is 0 Å². The van der Waals surface area contributed by atoms with Crippen molar-refractivity contribution in [2.45, 2.75) is 57.3 Å². The summed E-state index contributed by atoms with van der Waals surface area (Å²) in [6.45, 7) is 5.40. The number of carbonyl (C=O) groups is 1. The molecule has 2 aliphatic heterocycles. The Labute approximate surface area is 133 Å². The van der Waals surface area contributed by atoms with E-state index in [0.717, 1.165) is 0 Å². The van der Waals surface area contributed by atoms with Crippen molar-refractivity contribution in [3.05, 3.63) is 12.0 Å². The normalized spacial score (nSPS) is 33.5. The Kier molecular flexibility index (Phi) is 4.09. The van der Waals surface area contributed by atoms with Crippen LogP contribution in [0.3, 0.4) is 0 Å². The molecule has 0 saturated carbocycles. The minimum absolute atomic E-state index is 0.0157. The lowest BCUT2D eigenvalue weighted by Gasteiger charge is -2.28. The van der Waals surface area contributed by atoms with Gasteiger partial charge in [-0.2, -0.15) is 0 Å². The molecule has 126 valence electrons. The number of carbonyl (C=O) groups excluding carboxylic acids is 1. The summed E-state index contributed by atoms with van der Waals surface area (Å²) in [4.78, 5) is 20.1. The van der Waals surface area contributed by atoms with Crippen molar-refractivity contribution in [2.75, 3.05) is 6.61 Å². The molecule has 8 heteroatoms. The molecule has 1 saturated heterocycles. The molecule has 4 atom stereocenters. The molecule has 0 aliphatic carbocycles. The van der Waals surface area contributed by atoms with Gasteiger partial charge in [0.05, 0.1) is 19.0 Å². The second kappa shape index (κ2) is 5.79. The number of Topliss-reactive ketones (excluding diaryl/α,β-unsaturated/α-hetero) is 1. The summed E-state index contributed by atoms with van der Waals surface area (Å²) in [6, 6.07) is 0. The van der Waals surface area contributed by atoms with Crippen LogP contribution in [-0.4, -0.2) is 62.3 Å². The summed E-state index contributed by atoms with van der Waals surface area (Å²) in [5, 5.41) is 21.0. The first-order valence-corrected chi connectivity index (χ1v) is 7.62. The summed E-state index contributed by atoms with van der Waals surface area (Å²) >= 11 is 0. The quantitative estimate of drug-likeness (QED) is 0.841. The van der Waals surface area contributed by atoms with Gasteiger partial charge in [0, 0.05) is 12.6 Å². The minimum atomic E-state index is -1.56. The summed E-state index contributed by atoms with van der Waals surface area (Å²) in [5.41, 5.74) is -1.31. The number of hydrogen-bond acceptors (Lipinski definition) is 7. The van der Waals surface area contributed by atoms with Crippen LogP contribution in [0.15, 0.2) is 11.3 Å². The van der Waals surface area contributed by atoms with Crippen molar-refractivity contribution < 1.29 is 24.5 Å². The van der Waals surface area contributed by atoms with Crippen molar-refractivity contribution in [1.82, 2.24) is 9.55 Å². The zero-order valence-corrected chi connectivity index (χ0v) is 13.3. The Morgan fingerprint density at radius 1 is 1.57 bits per heavy atom. The van der Waals surface area contributed by atoms with Crippen LogP contribution in [-0.2, 0) is 9.47 Å². The molecule has 3 rings (SSSR count). The number of aromatic nitrogens is 2. The van der Waals surface area contributed by atoms with Gasteiger partial charge < -0.3 is 19.7 Å². The summed E-state index contributed by atoms with van der Waals surface area (Å²) < 4.78 is 12.8. The number of aliphatic hydroxyl groups excluding tert-OH is 1. The molecular formula is C15H21N3O5. The van der Waals surface area contributed by atoms with Crippen molar-refractivity contribution in [3.63, 3.8) is 0 Å². The fraction of sp³-hybridized carbons (Fsp3) is 0.667. The van der Waals surface area contributed by atoms with E-state index in [1.165, 1.54) is 24.0 Å². The molecule has 23 heavy (non-hydrogen) atoms. The third-order valence-electron chi connectivity index (χ3n) is 4.12. The maximum Gasteiger partial charge on any atom is 0.190 e. The molecule has 0 radical (unpaired) electrons. The van der Waals surface area contributed by atoms with Crippen LogP contribution >= 0.6 is 0 Å². The van der Waals surface area contributed by atoms with E-state index in [0.29, 0.717) is 5.82 Å². The Morgan fingerprint density at radius 2 is 2.30 bits per heavy atom. The number of ether oxygens (including phenoxy) is 2. The van der Waals surface area contributed by atoms with E-state index in [1.54, 1.807) is 0 Å². The second-order valence-corrected chi connectivity index (χ2v) is 6.34. The predicted octanol–water partition coefficient (Wildman–Crippen LogP) is 0.606. The van der Waals surface area contributed by atoms with E-state index < -0.39 is 24.0 Å². The summed E-state index contributed by atoms with van der Waals surface area (Å²) in [6.07, 6.45) is 0.381. The fourth-order valence-electron chi connectivity index (χ4n) is 2.83. The van der Waals surface area contributed by atoms with Crippen LogP contribution in [0.4, 0.5) is 5.82 Å². The van der Waals surface area contributed by atoms with Gasteiger partial charge in [0.15, 0.2) is 23.5 Å². The van der Waals surface area contributed by atoms with Crippen LogP contribution in [0, 0.1) is 0 Å². The molecule has 0 unspecified atom stereocenters. The fourth-order valence-corrected chi connectivity index (χ4v) is 2.83. The highest BCUT2D eigenvalue weighted by Gasteiger charge is 2.53. The first-order chi connectivity index (χ1) is 10.8. The van der Waals surface area contributed by atoms with Gasteiger partial charge in [0.25, 0.3) is 0 Å². The van der Waals surface area contributed by atoms with E-state index >= 15 is 0 Å². The molecule has 1 fully saturated rings. The lowest BCUT2D eigenvalue weighted by atomic mass is 9.96. The van der Waals surface area contributed by atoms with E-state index in [1.807, 2.05) is 13.8 Å². The molecule has 8 nitrogen and oxygen atoms in total. The molecule has 0 spiro atoms. The molecule has 2 aliphatic rings. The van der Waals surface area contributed by atoms with Gasteiger partial charge in [-0.3, -0.25) is 9.36 Å². The Hall–Kier alpha value is -1.61. The predicted molar refractivity (Wildman–Crippen MR) is 81.0 cm³/mol. The lowest BCUT2D eigenvalue weighted by Crippen LogP contribution is -2.44. The summed E-state index contributed by atoms with van der Waals surface area (Å²) in [5.74, 6) is 0.204. The molecule has 0 bridgehead atoms. The number of imidazole rings is 1. The van der Waals surface area contributed by atoms with E-state index in [-0.39, 0.29) is 30.6 Å². The first kappa shape index (κ1) is 16.3. The zero-order chi connectivity index (χ0) is 16.8. The minimum Gasteiger partial charge on any atom is -0.387 e. The molecule has 1 aromatic heterocycles. The molecule has 3 heterocycles. The third-order valence-corrected chi connectivity index (χ3v) is 4.12. The number of aliphatic imine (C=N–C) groups is 1. The third kappa shape index (κ3) is 2.72. The number of fused-ring (bicyclic) bond motifs is 1. The van der Waals surface area contributed by atoms with Gasteiger partial charge in [-0.05, 0) is 20.8 Å². The zero-order valence-electron chi connectivity index (χ0n) is 13.3. The van der Waals surface area contributed by atoms with E-state index in [9.17, 15) is 15.0 Å². The van der Waals surface area contributed by atoms with Gasteiger partial charge in [0.2, 0.25) is 0 Å². The van der Waals surface area contributed by atoms with Crippen molar-refractivity contribution in [1.29, 1.82) is 0 Å². The van der Waals surface area contributed by atoms with Crippen LogP contribution in [0.1, 0.15) is 43.9 Å². The number of hydrogen-bond donors (Lipinski definition) is 2. The maximum absolute atomic E-state index is 11.8. The van der Waals surface area contributed by atoms with E-state index in [2.05, 4.69) is 9.98 Å². The van der Waals surface area contributed by atoms with Gasteiger partial charge >= 0.3 is 0 Å². The average Bonchev–Trinajstić information content (AvgIpc) is 2.99. The highest BCUT2D eigenvalue weighted by molar-refractivity contribution is 6.08. The maximum atomic E-state index is 11.8. The van der Waals surface area contributed by atoms with Gasteiger partial charge in [0.1, 0.15) is 17.8 Å². The van der Waals surface area contributed by atoms with Crippen LogP contribution in [0.5, 0.6) is 0 Å². The molecule has 0 amide bonds. The highest BCUT2D eigenvalue weighted by atomic mass is 16.6. The molecule has 1 aromatic rings. The molecular weight excluding hydrogens is 302 g/mol. The van der Waals surface area contributed by atoms with Crippen molar-refractivity contribution in [3.8, 4) is 0 Å². The number of nitrogens with zero attached hydrogens (tertiary/aromatic N) is 3. The van der Waals surface area contributed by atoms with Crippen LogP contribution in [0.25, 0.3) is 0 Å². The SMILES string of the molecule is CC(C)OC[C@H]1O[C@@H](n2cnc3c2N=CCC3=O)[C@](C)(O)[C@@H]1O. The largest absolute Gasteiger partial charge is 0.387 e. The number of rotatable bonds is 4. The number of ketones is 1.